The van der Waals surface area contributed by atoms with Gasteiger partial charge in [0.1, 0.15) is 0 Å². The van der Waals surface area contributed by atoms with Crippen LogP contribution < -0.4 is 15.7 Å². The number of halogens is 4. The number of aromatic nitrogens is 1. The molecule has 8 heteroatoms. The van der Waals surface area contributed by atoms with Crippen molar-refractivity contribution in [2.45, 2.75) is 26.0 Å². The number of anilines is 1. The molecule has 0 aliphatic rings. The minimum absolute atomic E-state index is 0.151. The van der Waals surface area contributed by atoms with Crippen molar-refractivity contribution in [2.24, 2.45) is 0 Å². The van der Waals surface area contributed by atoms with Crippen LogP contribution in [0.15, 0.2) is 6.07 Å². The van der Waals surface area contributed by atoms with Crippen molar-refractivity contribution in [2.75, 3.05) is 5.73 Å². The summed E-state index contributed by atoms with van der Waals surface area (Å²) in [5, 5.41) is 0.197. The summed E-state index contributed by atoms with van der Waals surface area (Å²) in [5.74, 6) is -0.504. The first kappa shape index (κ1) is 14.1. The van der Waals surface area contributed by atoms with Gasteiger partial charge in [-0.1, -0.05) is 31.2 Å². The van der Waals surface area contributed by atoms with Crippen molar-refractivity contribution in [3.05, 3.63) is 11.2 Å². The topological polar surface area (TPSA) is 48.1 Å². The minimum Gasteiger partial charge on any atom is -0.396 e. The number of alkyl halides is 3. The van der Waals surface area contributed by atoms with E-state index in [4.69, 9.17) is 17.3 Å². The number of hydrogen-bond acceptors (Lipinski definition) is 3. The second-order valence-corrected chi connectivity index (χ2v) is 9.92. The molecule has 0 spiro atoms. The van der Waals surface area contributed by atoms with Crippen LogP contribution in [0.2, 0.25) is 24.8 Å². The highest BCUT2D eigenvalue weighted by Gasteiger charge is 2.35. The summed E-state index contributed by atoms with van der Waals surface area (Å²) in [5.41, 5.74) is 5.69. The van der Waals surface area contributed by atoms with Gasteiger partial charge in [0.15, 0.2) is 5.15 Å². The van der Waals surface area contributed by atoms with E-state index in [0.717, 1.165) is 0 Å². The van der Waals surface area contributed by atoms with Crippen LogP contribution in [0.25, 0.3) is 0 Å². The highest BCUT2D eigenvalue weighted by molar-refractivity contribution is 6.89. The van der Waals surface area contributed by atoms with E-state index in [2.05, 4.69) is 9.72 Å². The number of rotatable bonds is 2. The second kappa shape index (κ2) is 4.38. The summed E-state index contributed by atoms with van der Waals surface area (Å²) in [6.45, 7) is 5.59. The van der Waals surface area contributed by atoms with Gasteiger partial charge in [0.2, 0.25) is 5.88 Å². The third-order valence-corrected chi connectivity index (χ3v) is 4.27. The zero-order valence-electron chi connectivity index (χ0n) is 9.52. The van der Waals surface area contributed by atoms with Gasteiger partial charge >= 0.3 is 6.36 Å². The Morgan fingerprint density at radius 3 is 2.29 bits per heavy atom. The predicted octanol–water partition coefficient (Wildman–Crippen LogP) is 2.76. The third kappa shape index (κ3) is 3.78. The Hall–Kier alpha value is -0.953. The molecule has 0 saturated carbocycles. The zero-order chi connectivity index (χ0) is 13.4. The SMILES string of the molecule is C[Si](C)(C)c1cc(N)c(Cl)nc1OC(F)(F)F. The van der Waals surface area contributed by atoms with Crippen LogP contribution in [-0.4, -0.2) is 19.4 Å². The van der Waals surface area contributed by atoms with Crippen molar-refractivity contribution in [3.63, 3.8) is 0 Å². The largest absolute Gasteiger partial charge is 0.574 e. The van der Waals surface area contributed by atoms with Crippen LogP contribution in [0.3, 0.4) is 0 Å². The highest BCUT2D eigenvalue weighted by atomic mass is 35.5. The Balaban J connectivity index is 3.32. The van der Waals surface area contributed by atoms with Crippen molar-refractivity contribution >= 4 is 30.5 Å². The van der Waals surface area contributed by atoms with Gasteiger partial charge in [-0.25, -0.2) is 0 Å². The summed E-state index contributed by atoms with van der Waals surface area (Å²) in [7, 11) is -2.06. The lowest BCUT2D eigenvalue weighted by atomic mass is 10.4. The van der Waals surface area contributed by atoms with E-state index in [-0.39, 0.29) is 10.8 Å². The molecule has 0 aliphatic carbocycles. The van der Waals surface area contributed by atoms with Crippen molar-refractivity contribution in [1.29, 1.82) is 0 Å². The van der Waals surface area contributed by atoms with Gasteiger partial charge in [0.25, 0.3) is 0 Å². The van der Waals surface area contributed by atoms with Crippen LogP contribution >= 0.6 is 11.6 Å². The van der Waals surface area contributed by atoms with Crippen LogP contribution in [0.5, 0.6) is 5.88 Å². The monoisotopic (exact) mass is 284 g/mol. The third-order valence-electron chi connectivity index (χ3n) is 1.99. The quantitative estimate of drug-likeness (QED) is 0.671. The van der Waals surface area contributed by atoms with E-state index < -0.39 is 20.3 Å². The van der Waals surface area contributed by atoms with Crippen LogP contribution in [-0.2, 0) is 0 Å². The predicted molar refractivity (Wildman–Crippen MR) is 63.3 cm³/mol. The lowest BCUT2D eigenvalue weighted by Crippen LogP contribution is -2.40. The number of pyridine rings is 1. The number of nitrogens with zero attached hydrogens (tertiary/aromatic N) is 1. The first-order valence-corrected chi connectivity index (χ1v) is 8.61. The average Bonchev–Trinajstić information content (AvgIpc) is 2.06. The van der Waals surface area contributed by atoms with E-state index >= 15 is 0 Å². The molecule has 0 aromatic carbocycles. The van der Waals surface area contributed by atoms with Gasteiger partial charge in [0, 0.05) is 5.19 Å². The Labute approximate surface area is 103 Å². The standard InChI is InChI=1S/C9H12ClF3N2OSi/c1-17(2,3)6-4-5(14)7(10)15-8(6)16-9(11,12)13/h4H,14H2,1-3H3. The Kier molecular flexibility index (Phi) is 3.63. The molecule has 96 valence electrons. The molecule has 0 bridgehead atoms. The lowest BCUT2D eigenvalue weighted by Gasteiger charge is -2.21. The molecule has 1 aromatic heterocycles. The Morgan fingerprint density at radius 1 is 1.35 bits per heavy atom. The van der Waals surface area contributed by atoms with Crippen molar-refractivity contribution < 1.29 is 17.9 Å². The van der Waals surface area contributed by atoms with Gasteiger partial charge in [-0.2, -0.15) is 4.98 Å². The van der Waals surface area contributed by atoms with E-state index in [9.17, 15) is 13.2 Å². The van der Waals surface area contributed by atoms with Crippen LogP contribution in [0, 0.1) is 0 Å². The van der Waals surface area contributed by atoms with E-state index in [1.807, 2.05) is 19.6 Å². The number of hydrogen-bond donors (Lipinski definition) is 1. The Morgan fingerprint density at radius 2 is 1.88 bits per heavy atom. The summed E-state index contributed by atoms with van der Waals surface area (Å²) in [4.78, 5) is 3.56. The van der Waals surface area contributed by atoms with Gasteiger partial charge in [-0.15, -0.1) is 13.2 Å². The molecule has 0 unspecified atom stereocenters. The van der Waals surface area contributed by atoms with Gasteiger partial charge in [-0.05, 0) is 6.07 Å². The van der Waals surface area contributed by atoms with Gasteiger partial charge < -0.3 is 10.5 Å². The summed E-state index contributed by atoms with van der Waals surface area (Å²) in [6, 6.07) is 1.41. The number of nitrogen functional groups attached to an aromatic ring is 1. The molecule has 0 aliphatic heterocycles. The second-order valence-electron chi connectivity index (χ2n) is 4.52. The maximum atomic E-state index is 12.2. The van der Waals surface area contributed by atoms with Gasteiger partial charge in [0.05, 0.1) is 13.8 Å². The molecule has 1 heterocycles. The fourth-order valence-corrected chi connectivity index (χ4v) is 2.68. The molecular formula is C9H12ClF3N2OSi. The molecule has 1 rings (SSSR count). The van der Waals surface area contributed by atoms with E-state index in [1.165, 1.54) is 6.07 Å². The number of ether oxygens (including phenoxy) is 1. The summed E-state index contributed by atoms with van der Waals surface area (Å²) >= 11 is 5.60. The normalized spacial score (nSPS) is 12.6. The summed E-state index contributed by atoms with van der Waals surface area (Å²) in [6.07, 6.45) is -4.79. The van der Waals surface area contributed by atoms with Crippen molar-refractivity contribution in [3.8, 4) is 5.88 Å². The molecule has 0 radical (unpaired) electrons. The maximum Gasteiger partial charge on any atom is 0.574 e. The Bertz CT molecular complexity index is 431. The maximum absolute atomic E-state index is 12.2. The smallest absolute Gasteiger partial charge is 0.396 e. The fourth-order valence-electron chi connectivity index (χ4n) is 1.22. The van der Waals surface area contributed by atoms with Gasteiger partial charge in [-0.3, -0.25) is 0 Å². The molecule has 0 amide bonds. The molecular weight excluding hydrogens is 273 g/mol. The zero-order valence-corrected chi connectivity index (χ0v) is 11.3. The lowest BCUT2D eigenvalue weighted by molar-refractivity contribution is -0.275. The molecule has 2 N–H and O–H groups in total. The molecule has 3 nitrogen and oxygen atoms in total. The van der Waals surface area contributed by atoms with Crippen molar-refractivity contribution in [1.82, 2.24) is 4.98 Å². The van der Waals surface area contributed by atoms with E-state index in [1.54, 1.807) is 0 Å². The number of nitrogens with two attached hydrogens (primary N) is 1. The first-order chi connectivity index (χ1) is 7.50. The highest BCUT2D eigenvalue weighted by Crippen LogP contribution is 2.26. The molecule has 17 heavy (non-hydrogen) atoms. The molecule has 0 atom stereocenters. The average molecular weight is 285 g/mol. The fraction of sp³-hybridized carbons (Fsp3) is 0.444. The van der Waals surface area contributed by atoms with E-state index in [0.29, 0.717) is 5.19 Å². The minimum atomic E-state index is -4.79. The molecule has 1 aromatic rings. The first-order valence-electron chi connectivity index (χ1n) is 4.73. The molecule has 0 fully saturated rings. The van der Waals surface area contributed by atoms with Crippen LogP contribution in [0.1, 0.15) is 0 Å². The molecule has 0 saturated heterocycles. The van der Waals surface area contributed by atoms with Crippen LogP contribution in [0.4, 0.5) is 18.9 Å². The summed E-state index contributed by atoms with van der Waals surface area (Å²) < 4.78 is 40.5.